The van der Waals surface area contributed by atoms with Crippen molar-refractivity contribution < 1.29 is 0 Å². The van der Waals surface area contributed by atoms with E-state index in [0.717, 1.165) is 0 Å². The number of piperidine rings is 2. The van der Waals surface area contributed by atoms with Gasteiger partial charge >= 0.3 is 202 Å². The van der Waals surface area contributed by atoms with Gasteiger partial charge in [-0.1, -0.05) is 0 Å². The van der Waals surface area contributed by atoms with E-state index >= 15 is 0 Å². The summed E-state index contributed by atoms with van der Waals surface area (Å²) in [7, 11) is 0. The van der Waals surface area contributed by atoms with E-state index in [1.807, 2.05) is 0 Å². The van der Waals surface area contributed by atoms with Gasteiger partial charge in [0, 0.05) is 0 Å². The van der Waals surface area contributed by atoms with Crippen LogP contribution in [0.3, 0.4) is 0 Å². The standard InChI is InChI=1S/2C12H21N2Se/c2*15-12(14-9-5-2-6-10-14)13-11-7-3-1-4-8-11/h2*11H,1-10H2. The zero-order valence-electron chi connectivity index (χ0n) is 18.9. The van der Waals surface area contributed by atoms with E-state index in [1.165, 1.54) is 138 Å². The van der Waals surface area contributed by atoms with Crippen LogP contribution in [0.25, 0.3) is 0 Å². The Morgan fingerprint density at radius 3 is 1.10 bits per heavy atom. The molecular formula is C24H42N4Se2. The molecule has 0 atom stereocenters. The van der Waals surface area contributed by atoms with Crippen LogP contribution in [0.1, 0.15) is 103 Å². The van der Waals surface area contributed by atoms with Crippen LogP contribution in [0, 0.1) is 0 Å². The van der Waals surface area contributed by atoms with Crippen molar-refractivity contribution in [1.29, 1.82) is 0 Å². The molecule has 0 aromatic rings. The van der Waals surface area contributed by atoms with Crippen LogP contribution in [0.5, 0.6) is 0 Å². The Kier molecular flexibility index (Phi) is 11.6. The van der Waals surface area contributed by atoms with Gasteiger partial charge in [-0.15, -0.1) is 0 Å². The molecule has 0 unspecified atom stereocenters. The monoisotopic (exact) mass is 546 g/mol. The molecule has 170 valence electrons. The fourth-order valence-corrected chi connectivity index (χ4v) is 6.46. The van der Waals surface area contributed by atoms with Crippen molar-refractivity contribution >= 4 is 41.5 Å². The Labute approximate surface area is 201 Å². The first-order valence-electron chi connectivity index (χ1n) is 12.7. The maximum absolute atomic E-state index is 4.85. The molecule has 2 heterocycles. The molecule has 2 radical (unpaired) electrons. The number of likely N-dealkylation sites (tertiary alicyclic amines) is 2. The fraction of sp³-hybridized carbons (Fsp3) is 0.917. The van der Waals surface area contributed by atoms with Crippen molar-refractivity contribution in [2.45, 2.75) is 115 Å². The molecule has 2 aliphatic carbocycles. The Bertz CT molecular complexity index is 479. The number of nitrogens with zero attached hydrogens (tertiary/aromatic N) is 4. The molecule has 4 nitrogen and oxygen atoms in total. The Hall–Kier alpha value is -0.0210. The zero-order valence-corrected chi connectivity index (χ0v) is 22.3. The normalized spacial score (nSPS) is 25.6. The predicted octanol–water partition coefficient (Wildman–Crippen LogP) is 4.66. The average molecular weight is 545 g/mol. The van der Waals surface area contributed by atoms with E-state index in [4.69, 9.17) is 9.98 Å². The number of amidine groups is 2. The van der Waals surface area contributed by atoms with Gasteiger partial charge in [0.05, 0.1) is 0 Å². The average Bonchev–Trinajstić information content (AvgIpc) is 2.82. The Balaban J connectivity index is 0.000000171. The number of rotatable bonds is 2. The molecule has 0 aromatic carbocycles. The van der Waals surface area contributed by atoms with Crippen molar-refractivity contribution in [2.75, 3.05) is 26.2 Å². The van der Waals surface area contributed by atoms with Crippen LogP contribution in [0.15, 0.2) is 9.98 Å². The molecule has 0 amide bonds. The molecule has 4 aliphatic rings. The van der Waals surface area contributed by atoms with Gasteiger partial charge < -0.3 is 0 Å². The first-order chi connectivity index (χ1) is 14.7. The van der Waals surface area contributed by atoms with Crippen LogP contribution >= 0.6 is 0 Å². The van der Waals surface area contributed by atoms with E-state index in [1.54, 1.807) is 0 Å². The van der Waals surface area contributed by atoms with Gasteiger partial charge in [0.15, 0.2) is 0 Å². The molecular weight excluding hydrogens is 502 g/mol. The number of aliphatic imine (C=N–C) groups is 2. The molecule has 2 saturated heterocycles. The molecule has 30 heavy (non-hydrogen) atoms. The maximum atomic E-state index is 4.85. The summed E-state index contributed by atoms with van der Waals surface area (Å²) in [5.74, 6) is 0. The van der Waals surface area contributed by atoms with Gasteiger partial charge in [-0.3, -0.25) is 0 Å². The molecule has 0 spiro atoms. The summed E-state index contributed by atoms with van der Waals surface area (Å²) < 4.78 is 2.36. The first-order valence-corrected chi connectivity index (χ1v) is 14.4. The van der Waals surface area contributed by atoms with E-state index in [0.29, 0.717) is 12.1 Å². The van der Waals surface area contributed by atoms with Gasteiger partial charge in [0.1, 0.15) is 0 Å². The van der Waals surface area contributed by atoms with Gasteiger partial charge in [-0.2, -0.15) is 0 Å². The quantitative estimate of drug-likeness (QED) is 0.288. The van der Waals surface area contributed by atoms with E-state index in [9.17, 15) is 0 Å². The van der Waals surface area contributed by atoms with Crippen molar-refractivity contribution in [2.24, 2.45) is 9.98 Å². The summed E-state index contributed by atoms with van der Waals surface area (Å²) in [5.41, 5.74) is 0. The topological polar surface area (TPSA) is 31.2 Å². The van der Waals surface area contributed by atoms with Gasteiger partial charge in [0.2, 0.25) is 0 Å². The second-order valence-corrected chi connectivity index (χ2v) is 11.0. The molecule has 2 saturated carbocycles. The minimum atomic E-state index is 0.608. The van der Waals surface area contributed by atoms with E-state index < -0.39 is 0 Å². The number of hydrogen-bond acceptors (Lipinski definition) is 2. The summed E-state index contributed by atoms with van der Waals surface area (Å²) in [6.45, 7) is 4.83. The summed E-state index contributed by atoms with van der Waals surface area (Å²) >= 11 is 6.34. The second kappa shape index (κ2) is 14.2. The molecule has 0 N–H and O–H groups in total. The summed E-state index contributed by atoms with van der Waals surface area (Å²) in [6, 6.07) is 1.22. The third-order valence-electron chi connectivity index (χ3n) is 6.99. The molecule has 0 bridgehead atoms. The van der Waals surface area contributed by atoms with Crippen molar-refractivity contribution in [1.82, 2.24) is 9.80 Å². The van der Waals surface area contributed by atoms with Crippen molar-refractivity contribution in [3.63, 3.8) is 0 Å². The third kappa shape index (κ3) is 8.85. The molecule has 2 aliphatic heterocycles. The fourth-order valence-electron chi connectivity index (χ4n) is 5.07. The third-order valence-corrected chi connectivity index (χ3v) is 8.51. The van der Waals surface area contributed by atoms with Crippen molar-refractivity contribution in [3.8, 4) is 0 Å². The summed E-state index contributed by atoms with van der Waals surface area (Å²) in [6.07, 6.45) is 21.7. The summed E-state index contributed by atoms with van der Waals surface area (Å²) in [5, 5.41) is 0. The van der Waals surface area contributed by atoms with Crippen LogP contribution < -0.4 is 0 Å². The minimum absolute atomic E-state index is 0.608. The SMILES string of the molecule is [Se]C(=NC1CCCCC1)N1CCCCC1.[Se]C(=NC1CCCCC1)N1CCCCC1. The zero-order chi connectivity index (χ0) is 21.0. The van der Waals surface area contributed by atoms with Crippen molar-refractivity contribution in [3.05, 3.63) is 0 Å². The second-order valence-electron chi connectivity index (χ2n) is 9.50. The molecule has 4 fully saturated rings. The summed E-state index contributed by atoms with van der Waals surface area (Å²) in [4.78, 5) is 14.6. The molecule has 6 heteroatoms. The van der Waals surface area contributed by atoms with Gasteiger partial charge in [-0.25, -0.2) is 0 Å². The molecule has 0 aromatic heterocycles. The molecule has 4 rings (SSSR count). The predicted molar refractivity (Wildman–Crippen MR) is 131 cm³/mol. The van der Waals surface area contributed by atoms with Crippen LogP contribution in [0.2, 0.25) is 0 Å². The van der Waals surface area contributed by atoms with Crippen LogP contribution in [-0.4, -0.2) is 89.6 Å². The van der Waals surface area contributed by atoms with E-state index in [2.05, 4.69) is 41.8 Å². The van der Waals surface area contributed by atoms with Gasteiger partial charge in [-0.05, 0) is 0 Å². The number of hydrogen-bond donors (Lipinski definition) is 0. The Morgan fingerprint density at radius 1 is 0.467 bits per heavy atom. The van der Waals surface area contributed by atoms with Crippen LogP contribution in [-0.2, 0) is 0 Å². The van der Waals surface area contributed by atoms with Crippen LogP contribution in [0.4, 0.5) is 0 Å². The first kappa shape index (κ1) is 24.6. The van der Waals surface area contributed by atoms with E-state index in [-0.39, 0.29) is 0 Å². The Morgan fingerprint density at radius 2 is 0.767 bits per heavy atom. The van der Waals surface area contributed by atoms with Gasteiger partial charge in [0.25, 0.3) is 0 Å².